The van der Waals surface area contributed by atoms with Gasteiger partial charge in [-0.15, -0.1) is 0 Å². The first-order valence-electron chi connectivity index (χ1n) is 5.94. The van der Waals surface area contributed by atoms with Crippen molar-refractivity contribution in [3.8, 4) is 0 Å². The van der Waals surface area contributed by atoms with Crippen LogP contribution in [-0.4, -0.2) is 8.35 Å². The van der Waals surface area contributed by atoms with E-state index in [0.29, 0.717) is 0 Å². The quantitative estimate of drug-likeness (QED) is 0.441. The number of fused-ring (bicyclic) bond motifs is 1. The highest BCUT2D eigenvalue weighted by molar-refractivity contribution is 14.1. The standard InChI is InChI=1S/C14H18I2/c1-9-7-13(14(16)8-15)12-6-4-3-5-11(12)10(9)2/h3-6,9-10,13-14H,7-8H2,1-2H3. The second kappa shape index (κ2) is 5.55. The van der Waals surface area contributed by atoms with Crippen LogP contribution in [-0.2, 0) is 0 Å². The number of hydrogen-bond acceptors (Lipinski definition) is 0. The first-order chi connectivity index (χ1) is 7.65. The lowest BCUT2D eigenvalue weighted by Crippen LogP contribution is -2.26. The Balaban J connectivity index is 2.40. The second-order valence-corrected chi connectivity index (χ2v) is 7.39. The summed E-state index contributed by atoms with van der Waals surface area (Å²) in [4.78, 5) is 0. The van der Waals surface area contributed by atoms with Gasteiger partial charge in [-0.25, -0.2) is 0 Å². The van der Waals surface area contributed by atoms with Gasteiger partial charge in [0.2, 0.25) is 0 Å². The first kappa shape index (κ1) is 13.1. The van der Waals surface area contributed by atoms with Crippen molar-refractivity contribution < 1.29 is 0 Å². The molecule has 0 saturated carbocycles. The van der Waals surface area contributed by atoms with Crippen molar-refractivity contribution in [3.05, 3.63) is 35.4 Å². The Morgan fingerprint density at radius 3 is 2.50 bits per heavy atom. The molecule has 0 aromatic heterocycles. The van der Waals surface area contributed by atoms with Gasteiger partial charge in [0.25, 0.3) is 0 Å². The van der Waals surface area contributed by atoms with E-state index in [9.17, 15) is 0 Å². The third kappa shape index (κ3) is 2.42. The molecule has 0 bridgehead atoms. The summed E-state index contributed by atoms with van der Waals surface area (Å²) < 4.78 is 2.02. The monoisotopic (exact) mass is 440 g/mol. The van der Waals surface area contributed by atoms with E-state index in [1.165, 1.54) is 10.8 Å². The lowest BCUT2D eigenvalue weighted by atomic mass is 9.71. The van der Waals surface area contributed by atoms with Crippen molar-refractivity contribution >= 4 is 45.2 Å². The van der Waals surface area contributed by atoms with Crippen molar-refractivity contribution in [1.29, 1.82) is 0 Å². The molecule has 4 atom stereocenters. The maximum atomic E-state index is 2.63. The first-order valence-corrected chi connectivity index (χ1v) is 8.71. The molecule has 2 heteroatoms. The highest BCUT2D eigenvalue weighted by atomic mass is 127. The lowest BCUT2D eigenvalue weighted by molar-refractivity contribution is 0.380. The van der Waals surface area contributed by atoms with E-state index >= 15 is 0 Å². The third-order valence-corrected chi connectivity index (χ3v) is 7.89. The molecule has 1 aromatic carbocycles. The van der Waals surface area contributed by atoms with E-state index < -0.39 is 0 Å². The van der Waals surface area contributed by atoms with Crippen LogP contribution in [0.4, 0.5) is 0 Å². The Morgan fingerprint density at radius 1 is 1.25 bits per heavy atom. The molecule has 88 valence electrons. The van der Waals surface area contributed by atoms with Gasteiger partial charge in [0.15, 0.2) is 0 Å². The Labute approximate surface area is 126 Å². The van der Waals surface area contributed by atoms with Crippen molar-refractivity contribution in [2.45, 2.75) is 36.0 Å². The van der Waals surface area contributed by atoms with E-state index in [1.54, 1.807) is 11.1 Å². The summed E-state index contributed by atoms with van der Waals surface area (Å²) in [5.74, 6) is 2.31. The highest BCUT2D eigenvalue weighted by Gasteiger charge is 2.32. The smallest absolute Gasteiger partial charge is 0.0268 e. The van der Waals surface area contributed by atoms with Gasteiger partial charge in [-0.2, -0.15) is 0 Å². The summed E-state index contributed by atoms with van der Waals surface area (Å²) in [5.41, 5.74) is 3.21. The average Bonchev–Trinajstić information content (AvgIpc) is 2.33. The van der Waals surface area contributed by atoms with Gasteiger partial charge in [0, 0.05) is 8.35 Å². The fraction of sp³-hybridized carbons (Fsp3) is 0.571. The van der Waals surface area contributed by atoms with Crippen LogP contribution in [0.2, 0.25) is 0 Å². The zero-order chi connectivity index (χ0) is 11.7. The molecule has 4 unspecified atom stereocenters. The van der Waals surface area contributed by atoms with Crippen LogP contribution in [0, 0.1) is 5.92 Å². The Hall–Kier alpha value is 0.680. The van der Waals surface area contributed by atoms with Crippen molar-refractivity contribution in [3.63, 3.8) is 0 Å². The van der Waals surface area contributed by atoms with Crippen molar-refractivity contribution in [2.24, 2.45) is 5.92 Å². The van der Waals surface area contributed by atoms with E-state index in [-0.39, 0.29) is 0 Å². The van der Waals surface area contributed by atoms with E-state index in [0.717, 1.165) is 21.7 Å². The number of alkyl halides is 2. The van der Waals surface area contributed by atoms with Crippen LogP contribution in [0.25, 0.3) is 0 Å². The number of benzene rings is 1. The highest BCUT2D eigenvalue weighted by Crippen LogP contribution is 2.45. The fourth-order valence-electron chi connectivity index (χ4n) is 2.75. The number of halogens is 2. The molecule has 0 aliphatic heterocycles. The summed E-state index contributed by atoms with van der Waals surface area (Å²) in [6.07, 6.45) is 1.36. The van der Waals surface area contributed by atoms with Gasteiger partial charge >= 0.3 is 0 Å². The number of rotatable bonds is 2. The topological polar surface area (TPSA) is 0 Å². The van der Waals surface area contributed by atoms with Crippen LogP contribution in [0.1, 0.15) is 43.2 Å². The Kier molecular flexibility index (Phi) is 4.55. The summed E-state index contributed by atoms with van der Waals surface area (Å²) in [5, 5.41) is 0. The Bertz CT molecular complexity index is 362. The molecule has 1 aliphatic carbocycles. The Morgan fingerprint density at radius 2 is 1.88 bits per heavy atom. The third-order valence-electron chi connectivity index (χ3n) is 3.95. The summed E-state index contributed by atoms with van der Waals surface area (Å²) in [6.45, 7) is 4.79. The molecule has 0 spiro atoms. The van der Waals surface area contributed by atoms with Gasteiger partial charge in [0.1, 0.15) is 0 Å². The predicted molar refractivity (Wildman–Crippen MR) is 88.1 cm³/mol. The van der Waals surface area contributed by atoms with E-state index in [1.807, 2.05) is 0 Å². The maximum Gasteiger partial charge on any atom is 0.0268 e. The molecule has 2 rings (SSSR count). The van der Waals surface area contributed by atoms with Crippen LogP contribution < -0.4 is 0 Å². The minimum absolute atomic E-state index is 0.727. The largest absolute Gasteiger partial charge is 0.0852 e. The molecule has 16 heavy (non-hydrogen) atoms. The molecule has 1 aliphatic rings. The summed E-state index contributed by atoms with van der Waals surface area (Å²) >= 11 is 5.15. The van der Waals surface area contributed by atoms with Gasteiger partial charge in [-0.1, -0.05) is 83.3 Å². The summed E-state index contributed by atoms with van der Waals surface area (Å²) in [6, 6.07) is 9.07. The number of hydrogen-bond donors (Lipinski definition) is 0. The molecule has 0 heterocycles. The zero-order valence-corrected chi connectivity index (χ0v) is 14.1. The molecule has 1 aromatic rings. The van der Waals surface area contributed by atoms with Crippen molar-refractivity contribution in [1.82, 2.24) is 0 Å². The van der Waals surface area contributed by atoms with Crippen LogP contribution in [0.15, 0.2) is 24.3 Å². The van der Waals surface area contributed by atoms with Gasteiger partial charge < -0.3 is 0 Å². The van der Waals surface area contributed by atoms with Gasteiger partial charge in [-0.3, -0.25) is 0 Å². The molecule has 0 amide bonds. The van der Waals surface area contributed by atoms with Gasteiger partial charge in [0.05, 0.1) is 0 Å². The second-order valence-electron chi connectivity index (χ2n) is 4.91. The van der Waals surface area contributed by atoms with Crippen LogP contribution in [0.5, 0.6) is 0 Å². The predicted octanol–water partition coefficient (Wildman–Crippen LogP) is 5.15. The SMILES string of the molecule is CC1CC(C(I)CI)c2ccccc2C1C. The molecule has 0 fully saturated rings. The summed E-state index contributed by atoms with van der Waals surface area (Å²) in [7, 11) is 0. The lowest BCUT2D eigenvalue weighted by Gasteiger charge is -2.36. The molecular weight excluding hydrogens is 422 g/mol. The molecular formula is C14H18I2. The van der Waals surface area contributed by atoms with E-state index in [2.05, 4.69) is 83.3 Å². The van der Waals surface area contributed by atoms with Gasteiger partial charge in [-0.05, 0) is 35.3 Å². The van der Waals surface area contributed by atoms with Crippen LogP contribution in [0.3, 0.4) is 0 Å². The zero-order valence-electron chi connectivity index (χ0n) is 9.79. The minimum Gasteiger partial charge on any atom is -0.0852 e. The normalized spacial score (nSPS) is 30.9. The van der Waals surface area contributed by atoms with Crippen LogP contribution >= 0.6 is 45.2 Å². The molecule has 0 N–H and O–H groups in total. The molecule has 0 nitrogen and oxygen atoms in total. The fourth-order valence-corrected chi connectivity index (χ4v) is 4.05. The maximum absolute atomic E-state index is 2.63. The molecule has 0 radical (unpaired) electrons. The minimum atomic E-state index is 0.727. The van der Waals surface area contributed by atoms with Crippen molar-refractivity contribution in [2.75, 3.05) is 4.43 Å². The average molecular weight is 440 g/mol. The molecule has 0 saturated heterocycles. The van der Waals surface area contributed by atoms with E-state index in [4.69, 9.17) is 0 Å².